The van der Waals surface area contributed by atoms with E-state index >= 15 is 0 Å². The smallest absolute Gasteiger partial charge is 0.340 e. The lowest BCUT2D eigenvalue weighted by atomic mass is 10.0. The number of para-hydroxylation sites is 1. The molecule has 0 atom stereocenters. The van der Waals surface area contributed by atoms with Gasteiger partial charge in [0.15, 0.2) is 11.5 Å². The molecular formula is C27H24N2O4. The standard InChI is InChI=1S/C27H24N2O4/c1-18-9-12-21(15-19(18)2)23-17-28(22-7-5-4-6-8-22)27(32)29(23)26(31)14-11-20-10-13-24(30)25(16-20)33-3/h4-17,30H,1-3H3/b14-11+. The maximum atomic E-state index is 13.3. The van der Waals surface area contributed by atoms with Gasteiger partial charge in [0.05, 0.1) is 18.5 Å². The minimum Gasteiger partial charge on any atom is -0.504 e. The first kappa shape index (κ1) is 21.9. The summed E-state index contributed by atoms with van der Waals surface area (Å²) in [4.78, 5) is 26.6. The number of benzene rings is 3. The molecule has 1 aromatic heterocycles. The van der Waals surface area contributed by atoms with Gasteiger partial charge >= 0.3 is 5.69 Å². The Kier molecular flexibility index (Phi) is 6.00. The maximum absolute atomic E-state index is 13.3. The van der Waals surface area contributed by atoms with Crippen molar-refractivity contribution in [3.05, 3.63) is 106 Å². The van der Waals surface area contributed by atoms with E-state index in [4.69, 9.17) is 4.74 Å². The molecule has 1 heterocycles. The number of phenolic OH excluding ortho intramolecular Hbond substituents is 1. The average molecular weight is 440 g/mol. The molecule has 4 rings (SSSR count). The van der Waals surface area contributed by atoms with Crippen molar-refractivity contribution in [3.63, 3.8) is 0 Å². The number of ether oxygens (including phenoxy) is 1. The molecule has 33 heavy (non-hydrogen) atoms. The third kappa shape index (κ3) is 4.36. The number of aromatic nitrogens is 2. The number of aryl methyl sites for hydroxylation is 2. The van der Waals surface area contributed by atoms with Crippen LogP contribution in [0.5, 0.6) is 11.5 Å². The Balaban J connectivity index is 1.82. The summed E-state index contributed by atoms with van der Waals surface area (Å²) in [7, 11) is 1.45. The van der Waals surface area contributed by atoms with Crippen LogP contribution in [0.25, 0.3) is 23.0 Å². The first-order valence-corrected chi connectivity index (χ1v) is 10.5. The summed E-state index contributed by atoms with van der Waals surface area (Å²) < 4.78 is 7.76. The van der Waals surface area contributed by atoms with Gasteiger partial charge in [0, 0.05) is 17.8 Å². The molecule has 6 heteroatoms. The van der Waals surface area contributed by atoms with Gasteiger partial charge in [0.1, 0.15) is 0 Å². The van der Waals surface area contributed by atoms with Crippen molar-refractivity contribution in [1.82, 2.24) is 9.13 Å². The van der Waals surface area contributed by atoms with Gasteiger partial charge < -0.3 is 9.84 Å². The second-order valence-corrected chi connectivity index (χ2v) is 7.74. The number of methoxy groups -OCH3 is 1. The van der Waals surface area contributed by atoms with E-state index in [2.05, 4.69) is 0 Å². The van der Waals surface area contributed by atoms with Crippen LogP contribution in [0.15, 0.2) is 83.8 Å². The molecular weight excluding hydrogens is 416 g/mol. The molecule has 0 unspecified atom stereocenters. The van der Waals surface area contributed by atoms with Crippen LogP contribution in [0, 0.1) is 13.8 Å². The first-order valence-electron chi connectivity index (χ1n) is 10.5. The van der Waals surface area contributed by atoms with Crippen molar-refractivity contribution in [2.75, 3.05) is 7.11 Å². The molecule has 0 bridgehead atoms. The van der Waals surface area contributed by atoms with Gasteiger partial charge in [-0.15, -0.1) is 0 Å². The van der Waals surface area contributed by atoms with Crippen molar-refractivity contribution in [1.29, 1.82) is 0 Å². The predicted molar refractivity (Wildman–Crippen MR) is 129 cm³/mol. The average Bonchev–Trinajstić information content (AvgIpc) is 3.17. The summed E-state index contributed by atoms with van der Waals surface area (Å²) in [5, 5.41) is 9.78. The Morgan fingerprint density at radius 3 is 2.42 bits per heavy atom. The fraction of sp³-hybridized carbons (Fsp3) is 0.111. The van der Waals surface area contributed by atoms with E-state index in [1.54, 1.807) is 24.4 Å². The predicted octanol–water partition coefficient (Wildman–Crippen LogP) is 4.99. The fourth-order valence-corrected chi connectivity index (χ4v) is 3.58. The molecule has 0 amide bonds. The van der Waals surface area contributed by atoms with Gasteiger partial charge in [-0.05, 0) is 66.9 Å². The molecule has 0 saturated carbocycles. The van der Waals surface area contributed by atoms with Crippen LogP contribution in [0.3, 0.4) is 0 Å². The minimum atomic E-state index is -0.477. The van der Waals surface area contributed by atoms with Gasteiger partial charge in [-0.1, -0.05) is 36.4 Å². The van der Waals surface area contributed by atoms with Crippen LogP contribution in [0.2, 0.25) is 0 Å². The van der Waals surface area contributed by atoms with Crippen molar-refractivity contribution >= 4 is 12.0 Å². The Bertz CT molecular complexity index is 1410. The number of rotatable bonds is 5. The van der Waals surface area contributed by atoms with Crippen molar-refractivity contribution in [3.8, 4) is 28.4 Å². The number of allylic oxidation sites excluding steroid dienone is 1. The Morgan fingerprint density at radius 1 is 0.970 bits per heavy atom. The number of imidazole rings is 1. The largest absolute Gasteiger partial charge is 0.504 e. The molecule has 166 valence electrons. The number of hydrogen-bond donors (Lipinski definition) is 1. The van der Waals surface area contributed by atoms with Crippen LogP contribution >= 0.6 is 0 Å². The van der Waals surface area contributed by atoms with E-state index in [-0.39, 0.29) is 5.75 Å². The van der Waals surface area contributed by atoms with Gasteiger partial charge in [-0.2, -0.15) is 0 Å². The molecule has 0 aliphatic rings. The van der Waals surface area contributed by atoms with Crippen LogP contribution in [-0.2, 0) is 0 Å². The molecule has 0 spiro atoms. The zero-order valence-electron chi connectivity index (χ0n) is 18.6. The number of hydrogen-bond acceptors (Lipinski definition) is 4. The van der Waals surface area contributed by atoms with Crippen molar-refractivity contribution in [2.45, 2.75) is 13.8 Å². The normalized spacial score (nSPS) is 11.1. The molecule has 0 aliphatic heterocycles. The lowest BCUT2D eigenvalue weighted by Crippen LogP contribution is -2.27. The van der Waals surface area contributed by atoms with E-state index in [0.717, 1.165) is 16.7 Å². The SMILES string of the molecule is COc1cc(/C=C/C(=O)n2c(-c3ccc(C)c(C)c3)cn(-c3ccccc3)c2=O)ccc1O. The van der Waals surface area contributed by atoms with Gasteiger partial charge in [0.25, 0.3) is 5.91 Å². The Labute approximate surface area is 191 Å². The number of carbonyl (C=O) groups is 1. The number of aromatic hydroxyl groups is 1. The maximum Gasteiger partial charge on any atom is 0.340 e. The molecule has 0 radical (unpaired) electrons. The fourth-order valence-electron chi connectivity index (χ4n) is 3.58. The topological polar surface area (TPSA) is 73.5 Å². The molecule has 6 nitrogen and oxygen atoms in total. The van der Waals surface area contributed by atoms with Crippen molar-refractivity contribution < 1.29 is 14.6 Å². The first-order chi connectivity index (χ1) is 15.9. The summed E-state index contributed by atoms with van der Waals surface area (Å²) in [5.74, 6) is -0.170. The Morgan fingerprint density at radius 2 is 1.73 bits per heavy atom. The van der Waals surface area contributed by atoms with Gasteiger partial charge in [-0.3, -0.25) is 9.36 Å². The zero-order valence-corrected chi connectivity index (χ0v) is 18.6. The summed E-state index contributed by atoms with van der Waals surface area (Å²) in [6, 6.07) is 19.8. The van der Waals surface area contributed by atoms with E-state index in [1.165, 1.54) is 28.4 Å². The highest BCUT2D eigenvalue weighted by atomic mass is 16.5. The summed E-state index contributed by atoms with van der Waals surface area (Å²) in [6.45, 7) is 4.01. The molecule has 4 aromatic rings. The quantitative estimate of drug-likeness (QED) is 0.444. The van der Waals surface area contributed by atoms with Crippen LogP contribution in [0.1, 0.15) is 21.5 Å². The molecule has 1 N–H and O–H groups in total. The Hall–Kier alpha value is -4.32. The van der Waals surface area contributed by atoms with E-state index < -0.39 is 11.6 Å². The monoisotopic (exact) mass is 440 g/mol. The second kappa shape index (κ2) is 9.04. The molecule has 3 aromatic carbocycles. The zero-order chi connectivity index (χ0) is 23.5. The van der Waals surface area contributed by atoms with Gasteiger partial charge in [-0.25, -0.2) is 9.36 Å². The molecule has 0 saturated heterocycles. The number of carbonyl (C=O) groups excluding carboxylic acids is 1. The van der Waals surface area contributed by atoms with Crippen LogP contribution in [-0.4, -0.2) is 27.3 Å². The van der Waals surface area contributed by atoms with Crippen LogP contribution in [0.4, 0.5) is 0 Å². The van der Waals surface area contributed by atoms with Gasteiger partial charge in [0.2, 0.25) is 0 Å². The third-order valence-electron chi connectivity index (χ3n) is 5.57. The highest BCUT2D eigenvalue weighted by Gasteiger charge is 2.18. The van der Waals surface area contributed by atoms with E-state index in [0.29, 0.717) is 22.7 Å². The van der Waals surface area contributed by atoms with Crippen molar-refractivity contribution in [2.24, 2.45) is 0 Å². The summed E-state index contributed by atoms with van der Waals surface area (Å²) >= 11 is 0. The lowest BCUT2D eigenvalue weighted by Gasteiger charge is -2.07. The minimum absolute atomic E-state index is 0.00848. The molecule has 0 fully saturated rings. The van der Waals surface area contributed by atoms with E-state index in [9.17, 15) is 14.7 Å². The summed E-state index contributed by atoms with van der Waals surface area (Å²) in [5.41, 5.74) is 4.35. The second-order valence-electron chi connectivity index (χ2n) is 7.74. The summed E-state index contributed by atoms with van der Waals surface area (Å²) in [6.07, 6.45) is 4.62. The number of phenols is 1. The highest BCUT2D eigenvalue weighted by molar-refractivity contribution is 5.96. The number of nitrogens with zero attached hydrogens (tertiary/aromatic N) is 2. The third-order valence-corrected chi connectivity index (χ3v) is 5.57. The van der Waals surface area contributed by atoms with E-state index in [1.807, 2.05) is 62.4 Å². The lowest BCUT2D eigenvalue weighted by molar-refractivity contribution is 0.0967. The molecule has 0 aliphatic carbocycles. The van der Waals surface area contributed by atoms with Crippen LogP contribution < -0.4 is 10.4 Å². The highest BCUT2D eigenvalue weighted by Crippen LogP contribution is 2.27.